The molecule has 0 bridgehead atoms. The number of rotatable bonds is 6. The third-order valence-electron chi connectivity index (χ3n) is 12.8. The second-order valence-electron chi connectivity index (χ2n) is 16.1. The van der Waals surface area contributed by atoms with Crippen LogP contribution in [0.15, 0.2) is 216 Å². The molecule has 2 unspecified atom stereocenters. The number of anilines is 3. The van der Waals surface area contributed by atoms with Crippen LogP contribution in [0.3, 0.4) is 0 Å². The number of allylic oxidation sites excluding steroid dienone is 4. The summed E-state index contributed by atoms with van der Waals surface area (Å²) in [7, 11) is 0. The second-order valence-corrected chi connectivity index (χ2v) is 16.1. The maximum Gasteiger partial charge on any atom is 0.159 e. The maximum absolute atomic E-state index is 6.73. The number of fused-ring (bicyclic) bond motifs is 9. The van der Waals surface area contributed by atoms with Gasteiger partial charge in [0.25, 0.3) is 0 Å². The zero-order valence-electron chi connectivity index (χ0n) is 32.7. The van der Waals surface area contributed by atoms with E-state index in [0.717, 1.165) is 45.4 Å². The average molecular weight is 757 g/mol. The van der Waals surface area contributed by atoms with Gasteiger partial charge in [-0.1, -0.05) is 159 Å². The van der Waals surface area contributed by atoms with E-state index >= 15 is 0 Å². The van der Waals surface area contributed by atoms with Crippen LogP contribution in [0.25, 0.3) is 60.6 Å². The minimum Gasteiger partial charge on any atom is -0.454 e. The van der Waals surface area contributed by atoms with Crippen molar-refractivity contribution in [2.75, 3.05) is 4.90 Å². The van der Waals surface area contributed by atoms with Crippen molar-refractivity contribution in [3.8, 4) is 16.8 Å². The molecule has 59 heavy (non-hydrogen) atoms. The molecule has 2 aromatic heterocycles. The van der Waals surface area contributed by atoms with Gasteiger partial charge in [-0.3, -0.25) is 0 Å². The fourth-order valence-electron chi connectivity index (χ4n) is 10.2. The third-order valence-corrected chi connectivity index (χ3v) is 12.8. The molecular weight excluding hydrogens is 717 g/mol. The number of hydrogen-bond donors (Lipinski definition) is 0. The fraction of sp³-hybridized carbons (Fsp3) is 0.0714. The summed E-state index contributed by atoms with van der Waals surface area (Å²) in [4.78, 5) is 2.38. The van der Waals surface area contributed by atoms with Gasteiger partial charge in [-0.05, 0) is 94.8 Å². The highest BCUT2D eigenvalue weighted by molar-refractivity contribution is 6.11. The van der Waals surface area contributed by atoms with Crippen LogP contribution in [0.5, 0.6) is 0 Å². The van der Waals surface area contributed by atoms with Crippen molar-refractivity contribution in [3.63, 3.8) is 0 Å². The van der Waals surface area contributed by atoms with E-state index in [-0.39, 0.29) is 0 Å². The molecule has 2 aliphatic carbocycles. The molecule has 3 heteroatoms. The number of hydrogen-bond acceptors (Lipinski definition) is 2. The van der Waals surface area contributed by atoms with E-state index in [9.17, 15) is 0 Å². The van der Waals surface area contributed by atoms with Crippen molar-refractivity contribution in [2.45, 2.75) is 18.8 Å². The molecule has 2 atom stereocenters. The summed E-state index contributed by atoms with van der Waals surface area (Å²) >= 11 is 0. The summed E-state index contributed by atoms with van der Waals surface area (Å²) in [5.41, 5.74) is 15.6. The van der Waals surface area contributed by atoms with Gasteiger partial charge < -0.3 is 13.9 Å². The third kappa shape index (κ3) is 4.88. The summed E-state index contributed by atoms with van der Waals surface area (Å²) < 4.78 is 9.23. The van der Waals surface area contributed by atoms with Crippen LogP contribution in [-0.2, 0) is 5.41 Å². The van der Waals surface area contributed by atoms with Gasteiger partial charge in [0.05, 0.1) is 27.8 Å². The maximum atomic E-state index is 6.73. The molecule has 0 spiro atoms. The van der Waals surface area contributed by atoms with Gasteiger partial charge in [0.2, 0.25) is 0 Å². The summed E-state index contributed by atoms with van der Waals surface area (Å²) in [6.07, 6.45) is 8.29. The predicted octanol–water partition coefficient (Wildman–Crippen LogP) is 15.0. The highest BCUT2D eigenvalue weighted by Crippen LogP contribution is 2.60. The summed E-state index contributed by atoms with van der Waals surface area (Å²) in [5.74, 6) is 0.472. The van der Waals surface area contributed by atoms with E-state index in [1.807, 2.05) is 6.07 Å². The zero-order valence-corrected chi connectivity index (χ0v) is 32.7. The monoisotopic (exact) mass is 756 g/mol. The van der Waals surface area contributed by atoms with Crippen molar-refractivity contribution >= 4 is 60.8 Å². The van der Waals surface area contributed by atoms with Gasteiger partial charge in [0, 0.05) is 38.5 Å². The molecule has 0 radical (unpaired) electrons. The lowest BCUT2D eigenvalue weighted by atomic mass is 9.65. The summed E-state index contributed by atoms with van der Waals surface area (Å²) in [5, 5.41) is 4.74. The van der Waals surface area contributed by atoms with Crippen LogP contribution < -0.4 is 4.90 Å². The quantitative estimate of drug-likeness (QED) is 0.168. The highest BCUT2D eigenvalue weighted by atomic mass is 16.3. The standard InChI is InChI=1S/C56H40N2O/c1-37-30-32-39(33-31-37)56(38-16-4-2-5-17-38)47-24-15-27-51(58-49-25-11-8-20-42(49)43-21-9-12-26-50(43)58)54(47)46-35-34-41(36-48(46)56)57(40-18-6-3-7-19-40)52-28-14-23-45-44-22-10-13-29-53(44)59-55(45)52/h2-30,32-37H,31H2,1H3. The van der Waals surface area contributed by atoms with Crippen molar-refractivity contribution < 1.29 is 4.42 Å². The number of benzene rings is 8. The first-order valence-corrected chi connectivity index (χ1v) is 20.7. The molecule has 12 rings (SSSR count). The Bertz CT molecular complexity index is 3280. The van der Waals surface area contributed by atoms with E-state index < -0.39 is 5.41 Å². The lowest BCUT2D eigenvalue weighted by Gasteiger charge is -2.37. The van der Waals surface area contributed by atoms with Crippen LogP contribution in [0.1, 0.15) is 30.0 Å². The Morgan fingerprint density at radius 1 is 0.576 bits per heavy atom. The van der Waals surface area contributed by atoms with E-state index in [2.05, 4.69) is 217 Å². The molecule has 0 fully saturated rings. The number of furan rings is 1. The molecule has 0 amide bonds. The Balaban J connectivity index is 1.19. The molecule has 0 saturated carbocycles. The first kappa shape index (κ1) is 33.7. The van der Waals surface area contributed by atoms with E-state index in [0.29, 0.717) is 5.92 Å². The van der Waals surface area contributed by atoms with Gasteiger partial charge in [0.15, 0.2) is 5.58 Å². The normalized spacial score (nSPS) is 17.1. The highest BCUT2D eigenvalue weighted by Gasteiger charge is 2.48. The zero-order chi connectivity index (χ0) is 39.1. The second kappa shape index (κ2) is 13.1. The molecular formula is C56H40N2O. The number of nitrogens with zero attached hydrogens (tertiary/aromatic N) is 2. The predicted molar refractivity (Wildman–Crippen MR) is 246 cm³/mol. The minimum atomic E-state index is -0.582. The SMILES string of the molecule is CC1C=CC(C2(c3ccccc3)c3cc(N(c4ccccc4)c4cccc5c4oc4ccccc45)ccc3-c3c(-n4c5ccccc5c5ccccc54)cccc32)=CC1. The molecule has 0 aliphatic heterocycles. The van der Waals surface area contributed by atoms with Crippen molar-refractivity contribution in [1.29, 1.82) is 0 Å². The van der Waals surface area contributed by atoms with Crippen LogP contribution in [0.4, 0.5) is 17.1 Å². The molecule has 280 valence electrons. The van der Waals surface area contributed by atoms with Crippen molar-refractivity contribution in [1.82, 2.24) is 4.57 Å². The van der Waals surface area contributed by atoms with Gasteiger partial charge in [-0.25, -0.2) is 0 Å². The summed E-state index contributed by atoms with van der Waals surface area (Å²) in [6.45, 7) is 2.31. The molecule has 2 heterocycles. The van der Waals surface area contributed by atoms with E-state index in [4.69, 9.17) is 4.42 Å². The molecule has 0 saturated heterocycles. The van der Waals surface area contributed by atoms with E-state index in [1.54, 1.807) is 0 Å². The topological polar surface area (TPSA) is 21.3 Å². The number of aromatic nitrogens is 1. The van der Waals surface area contributed by atoms with Gasteiger partial charge in [0.1, 0.15) is 5.58 Å². The van der Waals surface area contributed by atoms with Crippen LogP contribution in [0.2, 0.25) is 0 Å². The van der Waals surface area contributed by atoms with Gasteiger partial charge in [-0.15, -0.1) is 0 Å². The van der Waals surface area contributed by atoms with Crippen LogP contribution in [0, 0.1) is 5.92 Å². The smallest absolute Gasteiger partial charge is 0.159 e. The first-order chi connectivity index (χ1) is 29.2. The fourth-order valence-corrected chi connectivity index (χ4v) is 10.2. The molecule has 2 aliphatic rings. The first-order valence-electron chi connectivity index (χ1n) is 20.7. The lowest BCUT2D eigenvalue weighted by Crippen LogP contribution is -2.30. The molecule has 0 N–H and O–H groups in total. The largest absolute Gasteiger partial charge is 0.454 e. The van der Waals surface area contributed by atoms with Gasteiger partial charge in [-0.2, -0.15) is 0 Å². The lowest BCUT2D eigenvalue weighted by molar-refractivity contribution is 0.669. The van der Waals surface area contributed by atoms with Crippen LogP contribution in [-0.4, -0.2) is 4.57 Å². The Kier molecular flexibility index (Phi) is 7.49. The van der Waals surface area contributed by atoms with Crippen molar-refractivity contribution in [3.05, 3.63) is 229 Å². The minimum absolute atomic E-state index is 0.472. The number of para-hydroxylation sites is 5. The molecule has 8 aromatic carbocycles. The summed E-state index contributed by atoms with van der Waals surface area (Å²) in [6, 6.07) is 68.6. The Labute approximate surface area is 343 Å². The Hall–Kier alpha value is -7.36. The molecule has 10 aromatic rings. The Morgan fingerprint density at radius 2 is 1.24 bits per heavy atom. The van der Waals surface area contributed by atoms with Crippen molar-refractivity contribution in [2.24, 2.45) is 5.92 Å². The van der Waals surface area contributed by atoms with E-state index in [1.165, 1.54) is 60.9 Å². The van der Waals surface area contributed by atoms with Gasteiger partial charge >= 0.3 is 0 Å². The average Bonchev–Trinajstić information content (AvgIpc) is 3.94. The van der Waals surface area contributed by atoms with Crippen LogP contribution >= 0.6 is 0 Å². The Morgan fingerprint density at radius 3 is 1.98 bits per heavy atom. The molecule has 3 nitrogen and oxygen atoms in total.